The molecule has 1 aliphatic carbocycles. The van der Waals surface area contributed by atoms with Crippen LogP contribution in [0.2, 0.25) is 0 Å². The molecular formula is C24H26N4O4S2. The van der Waals surface area contributed by atoms with E-state index >= 15 is 0 Å². The molecule has 2 heterocycles. The maximum atomic E-state index is 13.2. The summed E-state index contributed by atoms with van der Waals surface area (Å²) >= 11 is 1.43. The molecule has 34 heavy (non-hydrogen) atoms. The van der Waals surface area contributed by atoms with E-state index in [1.54, 1.807) is 12.1 Å². The molecule has 0 bridgehead atoms. The first-order chi connectivity index (χ1) is 16.3. The number of benzene rings is 2. The van der Waals surface area contributed by atoms with E-state index in [1.807, 2.05) is 35.2 Å². The number of hydrogen-bond acceptors (Lipinski definition) is 6. The number of amides is 2. The number of thiophene rings is 1. The van der Waals surface area contributed by atoms with Crippen molar-refractivity contribution >= 4 is 48.9 Å². The van der Waals surface area contributed by atoms with Crippen LogP contribution in [-0.4, -0.2) is 62.2 Å². The first-order valence-electron chi connectivity index (χ1n) is 11.3. The summed E-state index contributed by atoms with van der Waals surface area (Å²) in [5.74, 6) is -0.740. The Bertz CT molecular complexity index is 1370. The monoisotopic (exact) mass is 498 g/mol. The number of aryl methyl sites for hydroxylation is 1. The average molecular weight is 499 g/mol. The lowest BCUT2D eigenvalue weighted by atomic mass is 10.1. The maximum Gasteiger partial charge on any atom is 0.251 e. The molecule has 10 heteroatoms. The number of rotatable bonds is 6. The molecule has 0 saturated carbocycles. The Morgan fingerprint density at radius 1 is 1.00 bits per heavy atom. The highest BCUT2D eigenvalue weighted by Crippen LogP contribution is 2.38. The van der Waals surface area contributed by atoms with E-state index in [-0.39, 0.29) is 17.3 Å². The predicted molar refractivity (Wildman–Crippen MR) is 133 cm³/mol. The van der Waals surface area contributed by atoms with Gasteiger partial charge in [-0.3, -0.25) is 14.5 Å². The highest BCUT2D eigenvalue weighted by atomic mass is 32.2. The normalized spacial score (nSPS) is 17.1. The molecule has 0 unspecified atom stereocenters. The number of piperazine rings is 1. The summed E-state index contributed by atoms with van der Waals surface area (Å²) in [7, 11) is -3.61. The molecule has 2 aromatic carbocycles. The fourth-order valence-electron chi connectivity index (χ4n) is 4.73. The standard InChI is InChI=1S/C24H26N4O4S2/c25-23(30)22-19-6-3-7-20(19)33-24(22)26-21(29)15-27-10-12-28(13-11-27)34(31,32)18-9-8-16-4-1-2-5-17(16)14-18/h1-2,4-5,8-9,14H,3,6-7,10-13,15H2,(H2,25,30)(H,26,29). The fraction of sp³-hybridized carbons (Fsp3) is 0.333. The molecule has 0 radical (unpaired) electrons. The number of hydrogen-bond donors (Lipinski definition) is 2. The number of sulfonamides is 1. The van der Waals surface area contributed by atoms with Crippen LogP contribution in [-0.2, 0) is 27.7 Å². The van der Waals surface area contributed by atoms with Gasteiger partial charge in [-0.15, -0.1) is 11.3 Å². The minimum atomic E-state index is -3.61. The second-order valence-electron chi connectivity index (χ2n) is 8.66. The Morgan fingerprint density at radius 2 is 1.74 bits per heavy atom. The summed E-state index contributed by atoms with van der Waals surface area (Å²) in [5, 5.41) is 5.26. The van der Waals surface area contributed by atoms with E-state index in [0.717, 1.165) is 40.5 Å². The third-order valence-electron chi connectivity index (χ3n) is 6.48. The van der Waals surface area contributed by atoms with E-state index in [2.05, 4.69) is 5.32 Å². The van der Waals surface area contributed by atoms with Crippen LogP contribution < -0.4 is 11.1 Å². The van der Waals surface area contributed by atoms with Crippen LogP contribution in [0.4, 0.5) is 5.00 Å². The second kappa shape index (κ2) is 9.10. The van der Waals surface area contributed by atoms with Crippen LogP contribution >= 0.6 is 11.3 Å². The maximum absolute atomic E-state index is 13.2. The van der Waals surface area contributed by atoms with E-state index in [1.165, 1.54) is 15.6 Å². The molecule has 1 fully saturated rings. The quantitative estimate of drug-likeness (QED) is 0.542. The molecule has 1 saturated heterocycles. The number of carbonyl (C=O) groups is 2. The second-order valence-corrected chi connectivity index (χ2v) is 11.7. The molecule has 3 N–H and O–H groups in total. The zero-order valence-corrected chi connectivity index (χ0v) is 20.3. The van der Waals surface area contributed by atoms with Crippen molar-refractivity contribution in [3.8, 4) is 0 Å². The van der Waals surface area contributed by atoms with Crippen molar-refractivity contribution in [2.24, 2.45) is 5.73 Å². The smallest absolute Gasteiger partial charge is 0.251 e. The van der Waals surface area contributed by atoms with Gasteiger partial charge in [-0.2, -0.15) is 4.31 Å². The van der Waals surface area contributed by atoms with Crippen molar-refractivity contribution in [3.63, 3.8) is 0 Å². The highest BCUT2D eigenvalue weighted by Gasteiger charge is 2.30. The van der Waals surface area contributed by atoms with Gasteiger partial charge >= 0.3 is 0 Å². The SMILES string of the molecule is NC(=O)c1c(NC(=O)CN2CCN(S(=O)(=O)c3ccc4ccccc4c3)CC2)sc2c1CCC2. The molecule has 1 aromatic heterocycles. The molecule has 0 spiro atoms. The largest absolute Gasteiger partial charge is 0.365 e. The Labute approximate surface area is 202 Å². The lowest BCUT2D eigenvalue weighted by Crippen LogP contribution is -2.50. The number of anilines is 1. The van der Waals surface area contributed by atoms with E-state index in [9.17, 15) is 18.0 Å². The number of fused-ring (bicyclic) bond motifs is 2. The van der Waals surface area contributed by atoms with Crippen LogP contribution in [0.3, 0.4) is 0 Å². The zero-order chi connectivity index (χ0) is 23.9. The van der Waals surface area contributed by atoms with Gasteiger partial charge in [-0.1, -0.05) is 30.3 Å². The summed E-state index contributed by atoms with van der Waals surface area (Å²) in [5.41, 5.74) is 6.98. The summed E-state index contributed by atoms with van der Waals surface area (Å²) in [6.07, 6.45) is 2.72. The van der Waals surface area contributed by atoms with Crippen molar-refractivity contribution < 1.29 is 18.0 Å². The first-order valence-corrected chi connectivity index (χ1v) is 13.5. The minimum Gasteiger partial charge on any atom is -0.365 e. The number of nitrogens with two attached hydrogens (primary N) is 1. The molecule has 0 atom stereocenters. The molecular weight excluding hydrogens is 472 g/mol. The van der Waals surface area contributed by atoms with Crippen LogP contribution in [0.1, 0.15) is 27.2 Å². The molecule has 3 aromatic rings. The summed E-state index contributed by atoms with van der Waals surface area (Å²) in [4.78, 5) is 27.9. The first kappa shape index (κ1) is 23.0. The number of nitrogens with zero attached hydrogens (tertiary/aromatic N) is 2. The van der Waals surface area contributed by atoms with Gasteiger partial charge in [-0.25, -0.2) is 8.42 Å². The molecule has 1 aliphatic heterocycles. The van der Waals surface area contributed by atoms with E-state index < -0.39 is 15.9 Å². The van der Waals surface area contributed by atoms with E-state index in [4.69, 9.17) is 5.73 Å². The van der Waals surface area contributed by atoms with Gasteiger partial charge in [0.2, 0.25) is 15.9 Å². The van der Waals surface area contributed by atoms with Crippen molar-refractivity contribution in [2.45, 2.75) is 24.2 Å². The van der Waals surface area contributed by atoms with Crippen LogP contribution in [0.15, 0.2) is 47.4 Å². The van der Waals surface area contributed by atoms with Gasteiger partial charge in [-0.05, 0) is 47.7 Å². The topological polar surface area (TPSA) is 113 Å². The third-order valence-corrected chi connectivity index (χ3v) is 9.58. The fourth-order valence-corrected chi connectivity index (χ4v) is 7.50. The average Bonchev–Trinajstić information content (AvgIpc) is 3.39. The van der Waals surface area contributed by atoms with Crippen LogP contribution in [0, 0.1) is 0 Å². The predicted octanol–water partition coefficient (Wildman–Crippen LogP) is 2.43. The molecule has 178 valence electrons. The number of nitrogens with one attached hydrogen (secondary N) is 1. The van der Waals surface area contributed by atoms with Crippen molar-refractivity contribution in [1.29, 1.82) is 0 Å². The molecule has 2 amide bonds. The van der Waals surface area contributed by atoms with Gasteiger partial charge in [0.15, 0.2) is 0 Å². The molecule has 8 nitrogen and oxygen atoms in total. The van der Waals surface area contributed by atoms with E-state index in [0.29, 0.717) is 36.7 Å². The van der Waals surface area contributed by atoms with Gasteiger partial charge in [0.25, 0.3) is 5.91 Å². The Hall–Kier alpha value is -2.79. The van der Waals surface area contributed by atoms with Gasteiger partial charge < -0.3 is 11.1 Å². The molecule has 2 aliphatic rings. The Kier molecular flexibility index (Phi) is 6.15. The summed E-state index contributed by atoms with van der Waals surface area (Å²) in [6.45, 7) is 1.64. The lowest BCUT2D eigenvalue weighted by Gasteiger charge is -2.33. The van der Waals surface area contributed by atoms with Crippen molar-refractivity contribution in [1.82, 2.24) is 9.21 Å². The van der Waals surface area contributed by atoms with Crippen LogP contribution in [0.25, 0.3) is 10.8 Å². The van der Waals surface area contributed by atoms with Gasteiger partial charge in [0, 0.05) is 31.1 Å². The number of carbonyl (C=O) groups excluding carboxylic acids is 2. The van der Waals surface area contributed by atoms with Gasteiger partial charge in [0.1, 0.15) is 5.00 Å². The highest BCUT2D eigenvalue weighted by molar-refractivity contribution is 7.89. The number of primary amides is 1. The lowest BCUT2D eigenvalue weighted by molar-refractivity contribution is -0.117. The Morgan fingerprint density at radius 3 is 2.47 bits per heavy atom. The molecule has 5 rings (SSSR count). The Balaban J connectivity index is 1.21. The van der Waals surface area contributed by atoms with Crippen molar-refractivity contribution in [2.75, 3.05) is 38.0 Å². The van der Waals surface area contributed by atoms with Gasteiger partial charge in [0.05, 0.1) is 17.0 Å². The third kappa shape index (κ3) is 4.34. The summed E-state index contributed by atoms with van der Waals surface area (Å²) < 4.78 is 27.8. The zero-order valence-electron chi connectivity index (χ0n) is 18.6. The minimum absolute atomic E-state index is 0.130. The summed E-state index contributed by atoms with van der Waals surface area (Å²) in [6, 6.07) is 12.8. The van der Waals surface area contributed by atoms with Crippen LogP contribution in [0.5, 0.6) is 0 Å². The van der Waals surface area contributed by atoms with Crippen molar-refractivity contribution in [3.05, 3.63) is 58.5 Å².